The highest BCUT2D eigenvalue weighted by Gasteiger charge is 2.42. The number of aliphatic carboxylic acids is 2. The molecule has 0 saturated carbocycles. The molecule has 2 aromatic carbocycles. The number of aryl methyl sites for hydroxylation is 1. The fourth-order valence-electron chi connectivity index (χ4n) is 4.68. The number of halogens is 3. The molecule has 0 atom stereocenters. The monoisotopic (exact) mass is 550 g/mol. The van der Waals surface area contributed by atoms with E-state index in [9.17, 15) is 14.0 Å². The summed E-state index contributed by atoms with van der Waals surface area (Å²) in [7, 11) is 0. The van der Waals surface area contributed by atoms with Crippen molar-refractivity contribution in [1.29, 1.82) is 0 Å². The molecular weight excluding hydrogens is 526 g/mol. The number of rotatable bonds is 6. The average Bonchev–Trinajstić information content (AvgIpc) is 3.40. The molecule has 2 aliphatic rings. The van der Waals surface area contributed by atoms with Crippen LogP contribution in [0.2, 0.25) is 10.0 Å². The van der Waals surface area contributed by atoms with E-state index >= 15 is 0 Å². The predicted molar refractivity (Wildman–Crippen MR) is 136 cm³/mol. The van der Waals surface area contributed by atoms with Gasteiger partial charge in [0.25, 0.3) is 0 Å². The van der Waals surface area contributed by atoms with E-state index in [0.29, 0.717) is 27.8 Å². The van der Waals surface area contributed by atoms with Gasteiger partial charge in [-0.15, -0.1) is 0 Å². The zero-order chi connectivity index (χ0) is 26.6. The molecule has 5 rings (SSSR count). The molecule has 1 spiro atoms. The van der Waals surface area contributed by atoms with Gasteiger partial charge in [0.15, 0.2) is 5.58 Å². The summed E-state index contributed by atoms with van der Waals surface area (Å²) >= 11 is 12.5. The Hall–Kier alpha value is -3.14. The van der Waals surface area contributed by atoms with Crippen LogP contribution in [0.25, 0.3) is 11.0 Å². The Morgan fingerprint density at radius 3 is 2.49 bits per heavy atom. The van der Waals surface area contributed by atoms with Crippen molar-refractivity contribution in [2.24, 2.45) is 0 Å². The van der Waals surface area contributed by atoms with Crippen LogP contribution >= 0.6 is 23.2 Å². The van der Waals surface area contributed by atoms with Gasteiger partial charge in [0.2, 0.25) is 0 Å². The van der Waals surface area contributed by atoms with E-state index in [-0.39, 0.29) is 11.4 Å². The van der Waals surface area contributed by atoms with Gasteiger partial charge in [0, 0.05) is 66.5 Å². The van der Waals surface area contributed by atoms with Gasteiger partial charge in [0.1, 0.15) is 17.2 Å². The van der Waals surface area contributed by atoms with Crippen LogP contribution in [-0.4, -0.2) is 57.4 Å². The SMILES string of the molecule is Fc1ccc2c(CCCN3CCC4(CC3)Cc3cc(Cl)cc(Cl)c3O4)noc2c1.O=C(O)/C=C\C(=O)O. The van der Waals surface area contributed by atoms with E-state index < -0.39 is 11.9 Å². The van der Waals surface area contributed by atoms with E-state index in [1.54, 1.807) is 12.1 Å². The van der Waals surface area contributed by atoms with E-state index in [2.05, 4.69) is 10.1 Å². The van der Waals surface area contributed by atoms with E-state index in [1.165, 1.54) is 12.1 Å². The Kier molecular flexibility index (Phi) is 8.36. The first-order valence-electron chi connectivity index (χ1n) is 11.7. The van der Waals surface area contributed by atoms with Crippen LogP contribution in [0.3, 0.4) is 0 Å². The Balaban J connectivity index is 0.000000349. The first-order valence-corrected chi connectivity index (χ1v) is 12.5. The van der Waals surface area contributed by atoms with Gasteiger partial charge in [-0.3, -0.25) is 0 Å². The second kappa shape index (κ2) is 11.5. The molecule has 2 N–H and O–H groups in total. The Morgan fingerprint density at radius 2 is 1.81 bits per heavy atom. The number of benzene rings is 2. The molecule has 2 aliphatic heterocycles. The summed E-state index contributed by atoms with van der Waals surface area (Å²) in [4.78, 5) is 21.6. The molecule has 0 unspecified atom stereocenters. The summed E-state index contributed by atoms with van der Waals surface area (Å²) in [6, 6.07) is 8.30. The molecule has 37 heavy (non-hydrogen) atoms. The van der Waals surface area contributed by atoms with Crippen molar-refractivity contribution in [2.75, 3.05) is 19.6 Å². The standard InChI is InChI=1S/C22H21Cl2FN2O2.C4H4O4/c23-15-10-14-13-22(28-21(14)18(24)11-15)5-8-27(9-6-22)7-1-2-19-17-4-3-16(25)12-20(17)29-26-19;5-3(6)1-2-4(7)8/h3-4,10-12H,1-2,5-9,13H2;1-2H,(H,5,6)(H,7,8)/b;2-1-. The number of piperidine rings is 1. The van der Waals surface area contributed by atoms with Gasteiger partial charge >= 0.3 is 11.9 Å². The van der Waals surface area contributed by atoms with Crippen LogP contribution in [0.4, 0.5) is 4.39 Å². The van der Waals surface area contributed by atoms with Crippen molar-refractivity contribution in [3.05, 3.63) is 69.6 Å². The molecule has 1 fully saturated rings. The van der Waals surface area contributed by atoms with Gasteiger partial charge in [-0.25, -0.2) is 14.0 Å². The number of hydrogen-bond acceptors (Lipinski definition) is 6. The summed E-state index contributed by atoms with van der Waals surface area (Å²) < 4.78 is 24.8. The highest BCUT2D eigenvalue weighted by molar-refractivity contribution is 6.35. The molecular formula is C26H25Cl2FN2O6. The van der Waals surface area contributed by atoms with Crippen molar-refractivity contribution in [2.45, 2.75) is 37.7 Å². The van der Waals surface area contributed by atoms with Gasteiger partial charge in [-0.2, -0.15) is 0 Å². The quantitative estimate of drug-likeness (QED) is 0.393. The van der Waals surface area contributed by atoms with Crippen LogP contribution < -0.4 is 4.74 Å². The molecule has 11 heteroatoms. The third-order valence-electron chi connectivity index (χ3n) is 6.45. The van der Waals surface area contributed by atoms with Crippen molar-refractivity contribution in [1.82, 2.24) is 10.1 Å². The first-order chi connectivity index (χ1) is 17.6. The third kappa shape index (κ3) is 6.80. The van der Waals surface area contributed by atoms with E-state index in [1.807, 2.05) is 6.07 Å². The van der Waals surface area contributed by atoms with Gasteiger partial charge in [0.05, 0.1) is 10.7 Å². The average molecular weight is 551 g/mol. The zero-order valence-electron chi connectivity index (χ0n) is 19.8. The van der Waals surface area contributed by atoms with Gasteiger partial charge in [-0.1, -0.05) is 28.4 Å². The minimum Gasteiger partial charge on any atom is -0.485 e. The van der Waals surface area contributed by atoms with Crippen molar-refractivity contribution in [3.63, 3.8) is 0 Å². The highest BCUT2D eigenvalue weighted by Crippen LogP contribution is 2.45. The lowest BCUT2D eigenvalue weighted by Crippen LogP contribution is -2.47. The number of nitrogens with zero attached hydrogens (tertiary/aromatic N) is 2. The fraction of sp³-hybridized carbons (Fsp3) is 0.346. The normalized spacial score (nSPS) is 16.4. The maximum atomic E-state index is 13.3. The number of ether oxygens (including phenoxy) is 1. The lowest BCUT2D eigenvalue weighted by molar-refractivity contribution is -0.134. The lowest BCUT2D eigenvalue weighted by atomic mass is 9.87. The minimum atomic E-state index is -1.26. The topological polar surface area (TPSA) is 113 Å². The predicted octanol–water partition coefficient (Wildman–Crippen LogP) is 5.39. The number of carboxylic acid groups (broad SMARTS) is 2. The van der Waals surface area contributed by atoms with Crippen LogP contribution in [0, 0.1) is 5.82 Å². The number of likely N-dealkylation sites (tertiary alicyclic amines) is 1. The summed E-state index contributed by atoms with van der Waals surface area (Å²) in [6.45, 7) is 2.97. The molecule has 196 valence electrons. The molecule has 1 saturated heterocycles. The molecule has 0 bridgehead atoms. The second-order valence-electron chi connectivity index (χ2n) is 9.06. The molecule has 1 aromatic heterocycles. The van der Waals surface area contributed by atoms with Crippen LogP contribution in [0.15, 0.2) is 47.0 Å². The highest BCUT2D eigenvalue weighted by atomic mass is 35.5. The molecule has 0 radical (unpaired) electrons. The first kappa shape index (κ1) is 26.9. The number of aromatic nitrogens is 1. The lowest BCUT2D eigenvalue weighted by Gasteiger charge is -2.38. The van der Waals surface area contributed by atoms with Crippen molar-refractivity contribution in [3.8, 4) is 5.75 Å². The summed E-state index contributed by atoms with van der Waals surface area (Å²) in [5.74, 6) is -2.01. The smallest absolute Gasteiger partial charge is 0.328 e. The molecule has 0 aliphatic carbocycles. The Morgan fingerprint density at radius 1 is 1.11 bits per heavy atom. The largest absolute Gasteiger partial charge is 0.485 e. The summed E-state index contributed by atoms with van der Waals surface area (Å²) in [5.41, 5.74) is 2.37. The van der Waals surface area contributed by atoms with Crippen molar-refractivity contribution >= 4 is 46.1 Å². The number of fused-ring (bicyclic) bond motifs is 2. The molecule has 0 amide bonds. The maximum absolute atomic E-state index is 13.3. The molecule has 3 heterocycles. The Labute approximate surface area is 222 Å². The second-order valence-corrected chi connectivity index (χ2v) is 9.91. The van der Waals surface area contributed by atoms with Gasteiger partial charge in [-0.05, 0) is 43.7 Å². The van der Waals surface area contributed by atoms with Gasteiger partial charge < -0.3 is 24.4 Å². The minimum absolute atomic E-state index is 0.153. The number of carboxylic acids is 2. The molecule has 8 nitrogen and oxygen atoms in total. The summed E-state index contributed by atoms with van der Waals surface area (Å²) in [6.07, 6.45) is 5.73. The van der Waals surface area contributed by atoms with Crippen LogP contribution in [-0.2, 0) is 22.4 Å². The summed E-state index contributed by atoms with van der Waals surface area (Å²) in [5, 5.41) is 21.9. The number of carbonyl (C=O) groups is 2. The van der Waals surface area contributed by atoms with Crippen LogP contribution in [0.1, 0.15) is 30.5 Å². The number of hydrogen-bond donors (Lipinski definition) is 2. The third-order valence-corrected chi connectivity index (χ3v) is 6.95. The molecule has 3 aromatic rings. The van der Waals surface area contributed by atoms with E-state index in [4.69, 9.17) is 42.7 Å². The Bertz CT molecular complexity index is 1320. The maximum Gasteiger partial charge on any atom is 0.328 e. The van der Waals surface area contributed by atoms with Crippen molar-refractivity contribution < 1.29 is 33.5 Å². The van der Waals surface area contributed by atoms with Crippen LogP contribution in [0.5, 0.6) is 5.75 Å². The van der Waals surface area contributed by atoms with E-state index in [0.717, 1.165) is 74.1 Å². The fourth-order valence-corrected chi connectivity index (χ4v) is 5.25. The zero-order valence-corrected chi connectivity index (χ0v) is 21.3.